The van der Waals surface area contributed by atoms with E-state index >= 15 is 0 Å². The second-order valence-corrected chi connectivity index (χ2v) is 96.9. The molecule has 0 radical (unpaired) electrons. The quantitative estimate of drug-likeness (QED) is 0.0565. The Labute approximate surface area is 747 Å². The number of rotatable bonds is 24. The molecule has 2 heterocycles. The van der Waals surface area contributed by atoms with Crippen LogP contribution < -0.4 is 17.7 Å². The molecule has 8 atom stereocenters. The topological polar surface area (TPSA) is 36.9 Å². The van der Waals surface area contributed by atoms with Gasteiger partial charge in [-0.15, -0.1) is 0 Å². The Morgan fingerprint density at radius 2 is 0.496 bits per heavy atom. The Morgan fingerprint density at radius 3 is 0.691 bits per heavy atom. The summed E-state index contributed by atoms with van der Waals surface area (Å²) >= 11 is -8.05. The summed E-state index contributed by atoms with van der Waals surface area (Å²) in [5, 5.41) is 9.76. The summed E-state index contributed by atoms with van der Waals surface area (Å²) < 4.78 is 26.2. The Morgan fingerprint density at radius 1 is 0.293 bits per heavy atom. The van der Waals surface area contributed by atoms with Gasteiger partial charge in [0.05, 0.1) is 0 Å². The van der Waals surface area contributed by atoms with E-state index in [9.17, 15) is 17.0 Å². The fraction of sp³-hybridized carbons (Fsp3) is 0.345. The van der Waals surface area contributed by atoms with Crippen molar-refractivity contribution in [2.24, 2.45) is 0 Å². The fourth-order valence-corrected chi connectivity index (χ4v) is 163. The molecule has 0 bridgehead atoms. The molecular formula is C110H128Cl2O4Si6Zr. The van der Waals surface area contributed by atoms with Gasteiger partial charge in [-0.2, -0.15) is 0 Å². The molecule has 0 aromatic heterocycles. The maximum absolute atomic E-state index is 12.0. The van der Waals surface area contributed by atoms with Crippen LogP contribution in [-0.2, 0) is 14.9 Å². The molecule has 0 N–H and O–H groups in total. The third-order valence-corrected chi connectivity index (χ3v) is 138. The molecule has 2 aliphatic heterocycles. The van der Waals surface area contributed by atoms with E-state index in [-0.39, 0.29) is 23.7 Å². The van der Waals surface area contributed by atoms with Crippen molar-refractivity contribution in [3.63, 3.8) is 0 Å². The van der Waals surface area contributed by atoms with Crippen molar-refractivity contribution in [3.05, 3.63) is 356 Å². The summed E-state index contributed by atoms with van der Waals surface area (Å²) in [4.78, 5) is 0. The molecule has 0 saturated carbocycles. The molecule has 8 aromatic rings. The molecule has 8 aromatic carbocycles. The van der Waals surface area contributed by atoms with Gasteiger partial charge in [0, 0.05) is 0 Å². The molecule has 10 aliphatic rings. The molecule has 4 nitrogen and oxygen atoms in total. The van der Waals surface area contributed by atoms with Crippen LogP contribution in [0.1, 0.15) is 157 Å². The van der Waals surface area contributed by atoms with Crippen LogP contribution in [-0.4, -0.2) is 50.9 Å². The van der Waals surface area contributed by atoms with Gasteiger partial charge >= 0.3 is 754 Å². The SMILES string of the molecule is CC[Si](CC)(CC)Oc1ccc2cccc(C3C=CC=CC4=C3C=C(C)[C]43[SiH](C)[C]4(C(C)=CC5=C4C=CC=CC5c4cccc5ccc(O[Si](CC)(CC)CC)cc45)[Zr]34([Cl])([Cl])[C]3(C(C)=CC5=C3C=CC=CC5c3cccc5ccc(O[Si](CC)(CC)CC)cc35)[SiH](C)[C]43C(C)=CC4=C3C=CC=CC4c3cccc4ccc(O[Si](CC)(CC)CC)cc34)c2c1. The first-order valence-electron chi connectivity index (χ1n) is 47.1. The van der Waals surface area contributed by atoms with Gasteiger partial charge in [0.2, 0.25) is 0 Å². The number of fused-ring (bicyclic) bond motifs is 12. The van der Waals surface area contributed by atoms with Crippen molar-refractivity contribution < 1.29 is 32.6 Å². The Hall–Kier alpha value is -7.40. The number of hydrogen-bond acceptors (Lipinski definition) is 4. The first kappa shape index (κ1) is 86.3. The molecule has 8 aliphatic carbocycles. The van der Waals surface area contributed by atoms with Gasteiger partial charge in [-0.3, -0.25) is 0 Å². The van der Waals surface area contributed by atoms with Gasteiger partial charge < -0.3 is 0 Å². The molecule has 5 spiro atoms. The minimum atomic E-state index is -8.05. The first-order chi connectivity index (χ1) is 59.3. The average Bonchev–Trinajstić information content (AvgIpc) is 1.47. The first-order valence-corrected chi connectivity index (χ1v) is 73.1. The zero-order valence-corrected chi connectivity index (χ0v) is 86.5. The molecule has 123 heavy (non-hydrogen) atoms. The predicted molar refractivity (Wildman–Crippen MR) is 543 cm³/mol. The van der Waals surface area contributed by atoms with E-state index in [1.807, 2.05) is 0 Å². The average molecular weight is 1840 g/mol. The summed E-state index contributed by atoms with van der Waals surface area (Å²) in [6.45, 7) is 44.0. The molecule has 8 unspecified atom stereocenters. The van der Waals surface area contributed by atoms with Crippen LogP contribution >= 0.6 is 17.0 Å². The standard InChI is InChI=1S/2C55H64O2Si3.2ClH.Zr/c2*1-10-59(11-2,12-3)56-42-32-30-40-22-20-28-44(50(40)36-42)46-24-16-18-26-48-52(46)34-38(7)54(48)58(9)55-39(8)35-53-47(25-17-19-27-49(53)55)45-29-21-23-41-31-33-43(37-51(41)45)57-60(13-4,14-5)15-6;;;/h2*16-37,46-47,58H,10-15H2,1-9H3;2*1H;/q;;;;+2/p-2. The van der Waals surface area contributed by atoms with Crippen LogP contribution in [0.3, 0.4) is 0 Å². The van der Waals surface area contributed by atoms with Crippen molar-refractivity contribution >= 4 is 111 Å². The number of allylic oxidation sites excluding steroid dienone is 32. The zero-order chi connectivity index (χ0) is 86.5. The van der Waals surface area contributed by atoms with E-state index in [4.69, 9.17) is 17.7 Å². The minimum absolute atomic E-state index is 0.167. The zero-order valence-electron chi connectivity index (χ0n) is 76.2. The monoisotopic (exact) mass is 1840 g/mol. The third kappa shape index (κ3) is 10.9. The van der Waals surface area contributed by atoms with Crippen molar-refractivity contribution in [1.29, 1.82) is 0 Å². The van der Waals surface area contributed by atoms with Crippen LogP contribution in [0.25, 0.3) is 43.1 Å². The normalized spacial score (nSPS) is 27.3. The van der Waals surface area contributed by atoms with Crippen LogP contribution in [0.2, 0.25) is 96.6 Å². The van der Waals surface area contributed by atoms with Crippen molar-refractivity contribution in [3.8, 4) is 23.0 Å². The van der Waals surface area contributed by atoms with Gasteiger partial charge in [0.25, 0.3) is 0 Å². The number of benzene rings is 8. The molecule has 0 amide bonds. The molecule has 634 valence electrons. The van der Waals surface area contributed by atoms with Gasteiger partial charge in [-0.05, 0) is 0 Å². The van der Waals surface area contributed by atoms with Crippen LogP contribution in [0.15, 0.2) is 334 Å². The van der Waals surface area contributed by atoms with Crippen molar-refractivity contribution in [2.75, 3.05) is 0 Å². The van der Waals surface area contributed by atoms with E-state index in [0.29, 0.717) is 0 Å². The van der Waals surface area contributed by atoms with E-state index in [1.165, 1.54) is 132 Å². The van der Waals surface area contributed by atoms with Crippen molar-refractivity contribution in [1.82, 2.24) is 0 Å². The van der Waals surface area contributed by atoms with E-state index in [1.54, 1.807) is 0 Å². The van der Waals surface area contributed by atoms with Crippen LogP contribution in [0.4, 0.5) is 0 Å². The fourth-order valence-electron chi connectivity index (χ4n) is 29.1. The van der Waals surface area contributed by atoms with Crippen molar-refractivity contribution in [2.45, 2.75) is 231 Å². The summed E-state index contributed by atoms with van der Waals surface area (Å²) in [6, 6.07) is 68.8. The molecule has 13 heteroatoms. The Kier molecular flexibility index (Phi) is 21.9. The van der Waals surface area contributed by atoms with Gasteiger partial charge in [-0.25, -0.2) is 0 Å². The molecule has 18 rings (SSSR count). The van der Waals surface area contributed by atoms with Crippen LogP contribution in [0, 0.1) is 0 Å². The molecular weight excluding hydrogens is 1720 g/mol. The van der Waals surface area contributed by atoms with Crippen LogP contribution in [0.5, 0.6) is 23.0 Å². The second kappa shape index (κ2) is 31.2. The van der Waals surface area contributed by atoms with Gasteiger partial charge in [0.15, 0.2) is 0 Å². The van der Waals surface area contributed by atoms with Gasteiger partial charge in [0.1, 0.15) is 0 Å². The maximum atomic E-state index is 12.0. The number of halogens is 2. The van der Waals surface area contributed by atoms with E-state index in [2.05, 4.69) is 391 Å². The summed E-state index contributed by atoms with van der Waals surface area (Å²) in [6.07, 6.45) is 50.5. The van der Waals surface area contributed by atoms with E-state index < -0.39 is 76.8 Å². The molecule has 2 fully saturated rings. The van der Waals surface area contributed by atoms with Gasteiger partial charge in [-0.1, -0.05) is 0 Å². The predicted octanol–water partition coefficient (Wildman–Crippen LogP) is 32.9. The number of hydrogen-bond donors (Lipinski definition) is 0. The summed E-state index contributed by atoms with van der Waals surface area (Å²) in [5.74, 6) is 3.25. The second-order valence-electron chi connectivity index (χ2n) is 38.2. The Balaban J connectivity index is 0.985. The summed E-state index contributed by atoms with van der Waals surface area (Å²) in [7, 11) is 10.1. The summed E-state index contributed by atoms with van der Waals surface area (Å²) in [5.41, 5.74) is 21.2. The van der Waals surface area contributed by atoms with E-state index in [0.717, 1.165) is 95.5 Å². The molecule has 2 saturated heterocycles. The Bertz CT molecular complexity index is 5540. The third-order valence-electron chi connectivity index (χ3n) is 35.1.